The van der Waals surface area contributed by atoms with Gasteiger partial charge >= 0.3 is 0 Å². The summed E-state index contributed by atoms with van der Waals surface area (Å²) in [5, 5.41) is 0. The number of likely N-dealkylation sites (N-methyl/N-ethyl adjacent to an activating group) is 1. The van der Waals surface area contributed by atoms with Crippen molar-refractivity contribution in [2.24, 2.45) is 5.73 Å². The first kappa shape index (κ1) is 13.2. The standard InChI is InChI=1S/C14H22N2O2/c1-16-8-4-7-14(15,10-16)11-5-6-12(17-2)13(9-11)18-3/h5-6,9H,4,7-8,10,15H2,1-3H3. The number of nitrogens with two attached hydrogens (primary N) is 1. The van der Waals surface area contributed by atoms with Crippen LogP contribution in [0.2, 0.25) is 0 Å². The van der Waals surface area contributed by atoms with Crippen LogP contribution in [0, 0.1) is 0 Å². The molecule has 0 spiro atoms. The minimum Gasteiger partial charge on any atom is -0.493 e. The SMILES string of the molecule is COc1ccc(C2(N)CCCN(C)C2)cc1OC. The van der Waals surface area contributed by atoms with E-state index in [1.54, 1.807) is 14.2 Å². The Morgan fingerprint density at radius 2 is 1.94 bits per heavy atom. The minimum absolute atomic E-state index is 0.285. The Balaban J connectivity index is 2.32. The monoisotopic (exact) mass is 250 g/mol. The first-order valence-corrected chi connectivity index (χ1v) is 6.29. The summed E-state index contributed by atoms with van der Waals surface area (Å²) in [7, 11) is 5.41. The number of nitrogens with zero attached hydrogens (tertiary/aromatic N) is 1. The first-order valence-electron chi connectivity index (χ1n) is 6.29. The van der Waals surface area contributed by atoms with Gasteiger partial charge in [0.05, 0.1) is 19.8 Å². The summed E-state index contributed by atoms with van der Waals surface area (Å²) in [6.07, 6.45) is 2.13. The summed E-state index contributed by atoms with van der Waals surface area (Å²) >= 11 is 0. The predicted octanol–water partition coefficient (Wildman–Crippen LogP) is 1.58. The molecule has 1 aliphatic heterocycles. The molecule has 1 unspecified atom stereocenters. The highest BCUT2D eigenvalue weighted by Gasteiger charge is 2.32. The maximum Gasteiger partial charge on any atom is 0.161 e. The molecule has 1 atom stereocenters. The van der Waals surface area contributed by atoms with E-state index in [2.05, 4.69) is 11.9 Å². The van der Waals surface area contributed by atoms with Crippen LogP contribution in [0.3, 0.4) is 0 Å². The molecule has 100 valence electrons. The van der Waals surface area contributed by atoms with Gasteiger partial charge in [0.15, 0.2) is 11.5 Å². The maximum absolute atomic E-state index is 6.55. The van der Waals surface area contributed by atoms with E-state index in [0.29, 0.717) is 0 Å². The average Bonchev–Trinajstić information content (AvgIpc) is 2.37. The number of hydrogen-bond donors (Lipinski definition) is 1. The fourth-order valence-electron chi connectivity index (χ4n) is 2.69. The number of rotatable bonds is 3. The van der Waals surface area contributed by atoms with Crippen LogP contribution in [0.1, 0.15) is 18.4 Å². The number of hydrogen-bond acceptors (Lipinski definition) is 4. The zero-order valence-corrected chi connectivity index (χ0v) is 11.4. The molecule has 1 aromatic rings. The van der Waals surface area contributed by atoms with Crippen LogP contribution >= 0.6 is 0 Å². The lowest BCUT2D eigenvalue weighted by atomic mass is 9.83. The van der Waals surface area contributed by atoms with Crippen molar-refractivity contribution in [2.75, 3.05) is 34.4 Å². The van der Waals surface area contributed by atoms with E-state index >= 15 is 0 Å². The third kappa shape index (κ3) is 2.44. The van der Waals surface area contributed by atoms with Crippen molar-refractivity contribution in [1.82, 2.24) is 4.90 Å². The molecule has 1 fully saturated rings. The predicted molar refractivity (Wildman–Crippen MR) is 72.1 cm³/mol. The number of ether oxygens (including phenoxy) is 2. The fraction of sp³-hybridized carbons (Fsp3) is 0.571. The lowest BCUT2D eigenvalue weighted by molar-refractivity contribution is 0.179. The Hall–Kier alpha value is -1.26. The van der Waals surface area contributed by atoms with Gasteiger partial charge < -0.3 is 20.1 Å². The van der Waals surface area contributed by atoms with E-state index in [9.17, 15) is 0 Å². The lowest BCUT2D eigenvalue weighted by Gasteiger charge is -2.39. The molecule has 0 aliphatic carbocycles. The highest BCUT2D eigenvalue weighted by atomic mass is 16.5. The van der Waals surface area contributed by atoms with E-state index in [-0.39, 0.29) is 5.54 Å². The summed E-state index contributed by atoms with van der Waals surface area (Å²) < 4.78 is 10.6. The summed E-state index contributed by atoms with van der Waals surface area (Å²) in [5.41, 5.74) is 7.38. The third-order valence-corrected chi connectivity index (χ3v) is 3.67. The second-order valence-corrected chi connectivity index (χ2v) is 5.07. The Kier molecular flexibility index (Phi) is 3.78. The average molecular weight is 250 g/mol. The maximum atomic E-state index is 6.55. The van der Waals surface area contributed by atoms with Gasteiger partial charge in [-0.05, 0) is 44.1 Å². The van der Waals surface area contributed by atoms with Crippen LogP contribution < -0.4 is 15.2 Å². The fourth-order valence-corrected chi connectivity index (χ4v) is 2.69. The van der Waals surface area contributed by atoms with Crippen molar-refractivity contribution in [2.45, 2.75) is 18.4 Å². The Labute approximate surface area is 109 Å². The molecule has 0 saturated carbocycles. The van der Waals surface area contributed by atoms with Gasteiger partial charge in [-0.15, -0.1) is 0 Å². The van der Waals surface area contributed by atoms with E-state index in [0.717, 1.165) is 43.0 Å². The van der Waals surface area contributed by atoms with Crippen LogP contribution in [0.25, 0.3) is 0 Å². The summed E-state index contributed by atoms with van der Waals surface area (Å²) in [6, 6.07) is 5.97. The Morgan fingerprint density at radius 1 is 1.22 bits per heavy atom. The van der Waals surface area contributed by atoms with Crippen molar-refractivity contribution in [3.05, 3.63) is 23.8 Å². The molecule has 4 heteroatoms. The van der Waals surface area contributed by atoms with Crippen molar-refractivity contribution < 1.29 is 9.47 Å². The number of piperidine rings is 1. The van der Waals surface area contributed by atoms with Crippen molar-refractivity contribution >= 4 is 0 Å². The molecule has 0 radical (unpaired) electrons. The second kappa shape index (κ2) is 5.16. The van der Waals surface area contributed by atoms with Gasteiger partial charge in [0.25, 0.3) is 0 Å². The molecule has 0 amide bonds. The van der Waals surface area contributed by atoms with Crippen LogP contribution in [-0.4, -0.2) is 39.3 Å². The molecule has 1 heterocycles. The molecule has 1 saturated heterocycles. The van der Waals surface area contributed by atoms with Gasteiger partial charge in [-0.1, -0.05) is 6.07 Å². The second-order valence-electron chi connectivity index (χ2n) is 5.07. The molecule has 2 N–H and O–H groups in total. The van der Waals surface area contributed by atoms with E-state index in [1.165, 1.54) is 0 Å². The van der Waals surface area contributed by atoms with Gasteiger partial charge in [-0.2, -0.15) is 0 Å². The van der Waals surface area contributed by atoms with Gasteiger partial charge in [0, 0.05) is 6.54 Å². The molecule has 18 heavy (non-hydrogen) atoms. The molecular formula is C14H22N2O2. The number of likely N-dealkylation sites (tertiary alicyclic amines) is 1. The van der Waals surface area contributed by atoms with E-state index < -0.39 is 0 Å². The molecule has 4 nitrogen and oxygen atoms in total. The van der Waals surface area contributed by atoms with E-state index in [1.807, 2.05) is 18.2 Å². The first-order chi connectivity index (χ1) is 8.59. The zero-order valence-electron chi connectivity index (χ0n) is 11.4. The van der Waals surface area contributed by atoms with Crippen LogP contribution in [0.4, 0.5) is 0 Å². The van der Waals surface area contributed by atoms with Gasteiger partial charge in [0.1, 0.15) is 0 Å². The molecule has 2 rings (SSSR count). The molecule has 0 bridgehead atoms. The molecular weight excluding hydrogens is 228 g/mol. The minimum atomic E-state index is -0.285. The van der Waals surface area contributed by atoms with Gasteiger partial charge in [-0.25, -0.2) is 0 Å². The van der Waals surface area contributed by atoms with Gasteiger partial charge in [0.2, 0.25) is 0 Å². The van der Waals surface area contributed by atoms with Crippen LogP contribution in [0.5, 0.6) is 11.5 Å². The Morgan fingerprint density at radius 3 is 2.56 bits per heavy atom. The molecule has 1 aromatic carbocycles. The van der Waals surface area contributed by atoms with Crippen molar-refractivity contribution in [3.8, 4) is 11.5 Å². The topological polar surface area (TPSA) is 47.7 Å². The molecule has 0 aromatic heterocycles. The largest absolute Gasteiger partial charge is 0.493 e. The van der Waals surface area contributed by atoms with Crippen LogP contribution in [-0.2, 0) is 5.54 Å². The van der Waals surface area contributed by atoms with Crippen molar-refractivity contribution in [3.63, 3.8) is 0 Å². The summed E-state index contributed by atoms with van der Waals surface area (Å²) in [4.78, 5) is 2.28. The quantitative estimate of drug-likeness (QED) is 0.885. The third-order valence-electron chi connectivity index (χ3n) is 3.67. The summed E-state index contributed by atoms with van der Waals surface area (Å²) in [5.74, 6) is 1.49. The number of methoxy groups -OCH3 is 2. The zero-order chi connectivity index (χ0) is 13.2. The normalized spacial score (nSPS) is 24.9. The van der Waals surface area contributed by atoms with Gasteiger partial charge in [-0.3, -0.25) is 0 Å². The summed E-state index contributed by atoms with van der Waals surface area (Å²) in [6.45, 7) is 1.99. The smallest absolute Gasteiger partial charge is 0.161 e. The van der Waals surface area contributed by atoms with E-state index in [4.69, 9.17) is 15.2 Å². The van der Waals surface area contributed by atoms with Crippen LogP contribution in [0.15, 0.2) is 18.2 Å². The number of benzene rings is 1. The lowest BCUT2D eigenvalue weighted by Crippen LogP contribution is -2.50. The molecule has 1 aliphatic rings. The highest BCUT2D eigenvalue weighted by Crippen LogP contribution is 2.34. The highest BCUT2D eigenvalue weighted by molar-refractivity contribution is 5.45. The van der Waals surface area contributed by atoms with Crippen molar-refractivity contribution in [1.29, 1.82) is 0 Å². The Bertz CT molecular complexity index is 422.